The van der Waals surface area contributed by atoms with Gasteiger partial charge in [-0.2, -0.15) is 0 Å². The number of anilines is 4. The summed E-state index contributed by atoms with van der Waals surface area (Å²) in [7, 11) is 0. The first kappa shape index (κ1) is 32.9. The SMILES string of the molecule is CC(C)(C)c1cc2c3c(c1)C1(C)CCCCC1(C)N3c1c3c(cc4oc5ccccc5c14)-c1cccc4c1N(B23)c1ccccc1C41c2ccccc2-c2ccccc21. The highest BCUT2D eigenvalue weighted by atomic mass is 16.3. The van der Waals surface area contributed by atoms with Gasteiger partial charge in [0.25, 0.3) is 0 Å². The largest absolute Gasteiger partial charge is 0.456 e. The molecular weight excluding hydrogens is 715 g/mol. The van der Waals surface area contributed by atoms with E-state index in [9.17, 15) is 0 Å². The Kier molecular flexibility index (Phi) is 5.81. The van der Waals surface area contributed by atoms with Crippen molar-refractivity contribution in [1.82, 2.24) is 0 Å². The standard InChI is InChI=1S/C55H45BN2O/c1-52(2,3)32-29-42-50-43(30-32)56-48-37(31-46-47(36-19-8-13-26-45(36)59-46)51(48)57(50)54(5)28-15-14-27-53(42,54)4)35-20-16-24-41-49(35)58(56)44-25-12-11-23-40(44)55(41)38-21-9-6-17-33(38)34-18-7-10-22-39(34)55/h6-13,16-26,29-31H,14-15,27-28H2,1-5H3. The van der Waals surface area contributed by atoms with E-state index < -0.39 is 5.41 Å². The molecule has 14 rings (SSSR count). The van der Waals surface area contributed by atoms with Crippen LogP contribution in [0.2, 0.25) is 0 Å². The summed E-state index contributed by atoms with van der Waals surface area (Å²) in [6.45, 7) is 12.4. The van der Waals surface area contributed by atoms with Crippen molar-refractivity contribution in [3.05, 3.63) is 167 Å². The van der Waals surface area contributed by atoms with Gasteiger partial charge < -0.3 is 14.1 Å². The summed E-state index contributed by atoms with van der Waals surface area (Å²) in [6.07, 6.45) is 4.84. The molecule has 0 N–H and O–H groups in total. The number of hydrogen-bond acceptors (Lipinski definition) is 3. The van der Waals surface area contributed by atoms with E-state index in [2.05, 4.69) is 178 Å². The molecule has 0 bridgehead atoms. The third-order valence-corrected chi connectivity index (χ3v) is 16.3. The number of benzene rings is 7. The Bertz CT molecular complexity index is 3190. The lowest BCUT2D eigenvalue weighted by atomic mass is 9.41. The minimum absolute atomic E-state index is 0.0161. The van der Waals surface area contributed by atoms with Crippen LogP contribution in [0.1, 0.15) is 93.7 Å². The third kappa shape index (κ3) is 3.53. The van der Waals surface area contributed by atoms with E-state index in [0.29, 0.717) is 0 Å². The third-order valence-electron chi connectivity index (χ3n) is 16.3. The molecule has 1 fully saturated rings. The average molecular weight is 761 g/mol. The highest BCUT2D eigenvalue weighted by Gasteiger charge is 2.64. The number of nitrogens with zero attached hydrogens (tertiary/aromatic N) is 2. The first-order valence-electron chi connectivity index (χ1n) is 21.9. The molecule has 8 aromatic rings. The van der Waals surface area contributed by atoms with Crippen LogP contribution in [0.25, 0.3) is 44.2 Å². The van der Waals surface area contributed by atoms with Gasteiger partial charge in [0.1, 0.15) is 11.2 Å². The number of furan rings is 1. The fourth-order valence-electron chi connectivity index (χ4n) is 13.6. The van der Waals surface area contributed by atoms with Gasteiger partial charge in [0.2, 0.25) is 0 Å². The zero-order valence-electron chi connectivity index (χ0n) is 34.4. The maximum Gasteiger partial charge on any atom is 0.333 e. The van der Waals surface area contributed by atoms with Crippen molar-refractivity contribution in [3.8, 4) is 22.3 Å². The zero-order chi connectivity index (χ0) is 39.4. The molecular formula is C55H45BN2O. The van der Waals surface area contributed by atoms with Gasteiger partial charge in [-0.05, 0) is 104 Å². The fraction of sp³-hybridized carbons (Fsp3) is 0.236. The molecule has 1 spiro atoms. The Morgan fingerprint density at radius 3 is 2.02 bits per heavy atom. The van der Waals surface area contributed by atoms with Gasteiger partial charge in [-0.15, -0.1) is 0 Å². The number of fused-ring (bicyclic) bond motifs is 20. The second kappa shape index (κ2) is 10.4. The van der Waals surface area contributed by atoms with E-state index in [1.807, 2.05) is 0 Å². The van der Waals surface area contributed by atoms with Crippen LogP contribution in [0.15, 0.2) is 138 Å². The lowest BCUT2D eigenvalue weighted by molar-refractivity contribution is 0.195. The van der Waals surface area contributed by atoms with Crippen LogP contribution in [0.4, 0.5) is 22.7 Å². The maximum atomic E-state index is 6.99. The predicted molar refractivity (Wildman–Crippen MR) is 245 cm³/mol. The Labute approximate surface area is 346 Å². The van der Waals surface area contributed by atoms with E-state index in [1.54, 1.807) is 5.56 Å². The molecule has 7 aromatic carbocycles. The summed E-state index contributed by atoms with van der Waals surface area (Å²) in [5.74, 6) is 0. The van der Waals surface area contributed by atoms with Crippen molar-refractivity contribution >= 4 is 62.5 Å². The summed E-state index contributed by atoms with van der Waals surface area (Å²) in [5.41, 5.74) is 23.3. The topological polar surface area (TPSA) is 19.6 Å². The van der Waals surface area contributed by atoms with Crippen molar-refractivity contribution in [2.24, 2.45) is 0 Å². The molecule has 2 unspecified atom stereocenters. The van der Waals surface area contributed by atoms with Gasteiger partial charge in [0.05, 0.1) is 22.0 Å². The number of para-hydroxylation sites is 3. The van der Waals surface area contributed by atoms with Crippen molar-refractivity contribution in [1.29, 1.82) is 0 Å². The zero-order valence-corrected chi connectivity index (χ0v) is 34.4. The van der Waals surface area contributed by atoms with E-state index >= 15 is 0 Å². The molecule has 4 heteroatoms. The summed E-state index contributed by atoms with van der Waals surface area (Å²) >= 11 is 0. The molecule has 6 aliphatic rings. The van der Waals surface area contributed by atoms with Gasteiger partial charge in [-0.25, -0.2) is 0 Å². The van der Waals surface area contributed by atoms with Crippen molar-refractivity contribution in [3.63, 3.8) is 0 Å². The summed E-state index contributed by atoms with van der Waals surface area (Å²) in [5, 5.41) is 2.47. The maximum absolute atomic E-state index is 6.99. The van der Waals surface area contributed by atoms with Gasteiger partial charge >= 0.3 is 6.85 Å². The summed E-state index contributed by atoms with van der Waals surface area (Å²) < 4.78 is 6.99. The molecule has 59 heavy (non-hydrogen) atoms. The van der Waals surface area contributed by atoms with E-state index in [4.69, 9.17) is 4.42 Å². The molecule has 3 nitrogen and oxygen atoms in total. The van der Waals surface area contributed by atoms with E-state index in [1.165, 1.54) is 114 Å². The number of rotatable bonds is 0. The molecule has 1 aromatic heterocycles. The van der Waals surface area contributed by atoms with Crippen LogP contribution in [0.5, 0.6) is 0 Å². The summed E-state index contributed by atoms with van der Waals surface area (Å²) in [6, 6.07) is 51.4. The molecule has 1 saturated carbocycles. The average Bonchev–Trinajstić information content (AvgIpc) is 3.84. The first-order valence-corrected chi connectivity index (χ1v) is 21.9. The van der Waals surface area contributed by atoms with E-state index in [0.717, 1.165) is 17.6 Å². The highest BCUT2D eigenvalue weighted by Crippen LogP contribution is 2.67. The molecule has 4 aliphatic heterocycles. The quantitative estimate of drug-likeness (QED) is 0.144. The van der Waals surface area contributed by atoms with Crippen LogP contribution < -0.4 is 20.6 Å². The normalized spacial score (nSPS) is 21.9. The lowest BCUT2D eigenvalue weighted by Gasteiger charge is -2.55. The fourth-order valence-corrected chi connectivity index (χ4v) is 13.6. The van der Waals surface area contributed by atoms with Gasteiger partial charge in [0, 0.05) is 33.4 Å². The van der Waals surface area contributed by atoms with Crippen LogP contribution in [-0.4, -0.2) is 12.4 Å². The van der Waals surface area contributed by atoms with Gasteiger partial charge in [-0.3, -0.25) is 0 Å². The minimum Gasteiger partial charge on any atom is -0.456 e. The molecule has 0 radical (unpaired) electrons. The smallest absolute Gasteiger partial charge is 0.333 e. The first-order chi connectivity index (χ1) is 28.7. The Morgan fingerprint density at radius 2 is 1.24 bits per heavy atom. The number of hydrogen-bond donors (Lipinski definition) is 0. The van der Waals surface area contributed by atoms with E-state index in [-0.39, 0.29) is 23.2 Å². The highest BCUT2D eigenvalue weighted by molar-refractivity contribution is 6.94. The van der Waals surface area contributed by atoms with Gasteiger partial charge in [-0.1, -0.05) is 156 Å². The predicted octanol–water partition coefficient (Wildman–Crippen LogP) is 12.5. The lowest BCUT2D eigenvalue weighted by Crippen LogP contribution is -2.65. The summed E-state index contributed by atoms with van der Waals surface area (Å²) in [4.78, 5) is 5.69. The molecule has 284 valence electrons. The van der Waals surface area contributed by atoms with Crippen LogP contribution >= 0.6 is 0 Å². The monoisotopic (exact) mass is 760 g/mol. The second-order valence-corrected chi connectivity index (χ2v) is 19.9. The molecule has 0 amide bonds. The van der Waals surface area contributed by atoms with Crippen LogP contribution in [0.3, 0.4) is 0 Å². The Hall–Kier alpha value is -6.00. The van der Waals surface area contributed by atoms with Gasteiger partial charge in [0.15, 0.2) is 0 Å². The van der Waals surface area contributed by atoms with Crippen molar-refractivity contribution in [2.75, 3.05) is 9.71 Å². The van der Waals surface area contributed by atoms with Crippen molar-refractivity contribution in [2.45, 2.75) is 82.1 Å². The molecule has 2 atom stereocenters. The second-order valence-electron chi connectivity index (χ2n) is 19.9. The molecule has 2 aliphatic carbocycles. The molecule has 5 heterocycles. The minimum atomic E-state index is -0.471. The molecule has 0 saturated heterocycles. The van der Waals surface area contributed by atoms with Crippen molar-refractivity contribution < 1.29 is 4.42 Å². The Balaban J connectivity index is 1.21. The Morgan fingerprint density at radius 1 is 0.576 bits per heavy atom. The van der Waals surface area contributed by atoms with Crippen LogP contribution in [0, 0.1) is 0 Å². The van der Waals surface area contributed by atoms with Crippen LogP contribution in [-0.2, 0) is 16.2 Å².